The molecule has 2 fully saturated rings. The second kappa shape index (κ2) is 11.1. The SMILES string of the molecule is C=CC(=O)N1CCC(Oc2nc(CCN3CCOCC3)cc(Nc3nc4cccnc4s3)n2)CC1. The molecule has 35 heavy (non-hydrogen) atoms. The van der Waals surface area contributed by atoms with Crippen molar-refractivity contribution in [2.75, 3.05) is 51.3 Å². The fraction of sp³-hybridized carbons (Fsp3) is 0.458. The quantitative estimate of drug-likeness (QED) is 0.472. The van der Waals surface area contributed by atoms with Crippen LogP contribution in [0.3, 0.4) is 0 Å². The maximum absolute atomic E-state index is 11.9. The van der Waals surface area contributed by atoms with Gasteiger partial charge in [0.1, 0.15) is 22.3 Å². The number of hydrogen-bond acceptors (Lipinski definition) is 10. The molecule has 0 unspecified atom stereocenters. The average molecular weight is 496 g/mol. The highest BCUT2D eigenvalue weighted by Crippen LogP contribution is 2.27. The number of thiazole rings is 1. The van der Waals surface area contributed by atoms with Crippen molar-refractivity contribution >= 4 is 38.5 Å². The molecule has 5 heterocycles. The minimum Gasteiger partial charge on any atom is -0.460 e. The highest BCUT2D eigenvalue weighted by Gasteiger charge is 2.24. The van der Waals surface area contributed by atoms with E-state index in [4.69, 9.17) is 14.5 Å². The van der Waals surface area contributed by atoms with Crippen LogP contribution in [0.25, 0.3) is 10.3 Å². The summed E-state index contributed by atoms with van der Waals surface area (Å²) in [6.07, 6.45) is 5.32. The van der Waals surface area contributed by atoms with Crippen molar-refractivity contribution in [3.05, 3.63) is 42.7 Å². The minimum atomic E-state index is -0.0436. The minimum absolute atomic E-state index is 0.0402. The van der Waals surface area contributed by atoms with E-state index < -0.39 is 0 Å². The number of rotatable bonds is 8. The number of nitrogens with zero attached hydrogens (tertiary/aromatic N) is 6. The number of fused-ring (bicyclic) bond motifs is 1. The van der Waals surface area contributed by atoms with Gasteiger partial charge in [-0.25, -0.2) is 15.0 Å². The molecule has 0 spiro atoms. The summed E-state index contributed by atoms with van der Waals surface area (Å²) in [4.78, 5) is 35.2. The molecule has 3 aromatic heterocycles. The zero-order chi connectivity index (χ0) is 24.0. The van der Waals surface area contributed by atoms with Gasteiger partial charge in [-0.1, -0.05) is 17.9 Å². The van der Waals surface area contributed by atoms with E-state index >= 15 is 0 Å². The Balaban J connectivity index is 1.31. The summed E-state index contributed by atoms with van der Waals surface area (Å²) >= 11 is 1.48. The largest absolute Gasteiger partial charge is 0.460 e. The van der Waals surface area contributed by atoms with Crippen LogP contribution in [-0.4, -0.2) is 87.7 Å². The first-order valence-corrected chi connectivity index (χ1v) is 12.7. The van der Waals surface area contributed by atoms with Crippen LogP contribution < -0.4 is 10.1 Å². The van der Waals surface area contributed by atoms with Gasteiger partial charge in [0.25, 0.3) is 0 Å². The second-order valence-corrected chi connectivity index (χ2v) is 9.53. The van der Waals surface area contributed by atoms with Crippen molar-refractivity contribution in [3.8, 4) is 6.01 Å². The number of amides is 1. The Morgan fingerprint density at radius 1 is 1.23 bits per heavy atom. The molecular weight excluding hydrogens is 466 g/mol. The van der Waals surface area contributed by atoms with Crippen LogP contribution in [0.4, 0.5) is 10.9 Å². The van der Waals surface area contributed by atoms with Crippen molar-refractivity contribution < 1.29 is 14.3 Å². The predicted molar refractivity (Wildman–Crippen MR) is 134 cm³/mol. The lowest BCUT2D eigenvalue weighted by molar-refractivity contribution is -0.127. The number of hydrogen-bond donors (Lipinski definition) is 1. The zero-order valence-corrected chi connectivity index (χ0v) is 20.4. The molecule has 3 aromatic rings. The molecule has 0 radical (unpaired) electrons. The summed E-state index contributed by atoms with van der Waals surface area (Å²) in [5.41, 5.74) is 1.75. The number of carbonyl (C=O) groups excluding carboxylic acids is 1. The molecule has 0 saturated carbocycles. The number of carbonyl (C=O) groups is 1. The summed E-state index contributed by atoms with van der Waals surface area (Å²) in [5.74, 6) is 0.604. The molecule has 2 aliphatic heterocycles. The lowest BCUT2D eigenvalue weighted by atomic mass is 10.1. The van der Waals surface area contributed by atoms with Gasteiger partial charge in [-0.3, -0.25) is 9.69 Å². The summed E-state index contributed by atoms with van der Waals surface area (Å²) in [6.45, 7) is 9.14. The van der Waals surface area contributed by atoms with E-state index in [2.05, 4.69) is 31.7 Å². The number of anilines is 2. The van der Waals surface area contributed by atoms with Gasteiger partial charge in [0.15, 0.2) is 5.13 Å². The normalized spacial score (nSPS) is 17.4. The fourth-order valence-corrected chi connectivity index (χ4v) is 5.04. The highest BCUT2D eigenvalue weighted by molar-refractivity contribution is 7.21. The van der Waals surface area contributed by atoms with E-state index in [0.29, 0.717) is 24.9 Å². The van der Waals surface area contributed by atoms with Crippen molar-refractivity contribution in [1.29, 1.82) is 0 Å². The Kier molecular flexibility index (Phi) is 7.45. The van der Waals surface area contributed by atoms with E-state index in [1.54, 1.807) is 11.1 Å². The summed E-state index contributed by atoms with van der Waals surface area (Å²) < 4.78 is 11.7. The van der Waals surface area contributed by atoms with Crippen LogP contribution in [0.5, 0.6) is 6.01 Å². The molecule has 184 valence electrons. The Bertz CT molecular complexity index is 1140. The van der Waals surface area contributed by atoms with Crippen molar-refractivity contribution in [2.24, 2.45) is 0 Å². The Hall–Kier alpha value is -3.15. The van der Waals surface area contributed by atoms with Crippen molar-refractivity contribution in [1.82, 2.24) is 29.7 Å². The van der Waals surface area contributed by atoms with Gasteiger partial charge in [-0.05, 0) is 18.2 Å². The molecule has 2 saturated heterocycles. The smallest absolute Gasteiger partial charge is 0.318 e. The van der Waals surface area contributed by atoms with Crippen LogP contribution in [0.1, 0.15) is 18.5 Å². The summed E-state index contributed by atoms with van der Waals surface area (Å²) in [5, 5.41) is 4.04. The first kappa shape index (κ1) is 23.6. The third kappa shape index (κ3) is 6.11. The maximum Gasteiger partial charge on any atom is 0.318 e. The van der Waals surface area contributed by atoms with E-state index in [1.165, 1.54) is 17.4 Å². The molecule has 2 aliphatic rings. The molecule has 0 atom stereocenters. The maximum atomic E-state index is 11.9. The molecule has 1 N–H and O–H groups in total. The van der Waals surface area contributed by atoms with Crippen LogP contribution in [0.2, 0.25) is 0 Å². The number of nitrogens with one attached hydrogen (secondary N) is 1. The molecule has 5 rings (SSSR count). The van der Waals surface area contributed by atoms with Gasteiger partial charge in [-0.2, -0.15) is 4.98 Å². The van der Waals surface area contributed by atoms with Crippen LogP contribution in [0.15, 0.2) is 37.1 Å². The standard InChI is InChI=1S/C24H29N7O3S/c1-2-21(32)31-10-6-18(7-11-31)34-23-26-17(5-9-30-12-14-33-15-13-30)16-20(28-23)29-24-27-19-4-3-8-25-22(19)35-24/h2-4,8,16,18H,1,5-7,9-15H2,(H,26,27,28,29). The Morgan fingerprint density at radius 2 is 2.06 bits per heavy atom. The summed E-state index contributed by atoms with van der Waals surface area (Å²) in [7, 11) is 0. The van der Waals surface area contributed by atoms with Gasteiger partial charge in [0, 0.05) is 64.2 Å². The number of likely N-dealkylation sites (tertiary alicyclic amines) is 1. The van der Waals surface area contributed by atoms with E-state index in [-0.39, 0.29) is 12.0 Å². The molecule has 10 nitrogen and oxygen atoms in total. The lowest BCUT2D eigenvalue weighted by Crippen LogP contribution is -2.41. The van der Waals surface area contributed by atoms with Gasteiger partial charge in [-0.15, -0.1) is 0 Å². The van der Waals surface area contributed by atoms with Crippen molar-refractivity contribution in [2.45, 2.75) is 25.4 Å². The number of piperidine rings is 1. The van der Waals surface area contributed by atoms with E-state index in [0.717, 1.165) is 73.3 Å². The third-order valence-corrected chi connectivity index (χ3v) is 7.04. The predicted octanol–water partition coefficient (Wildman–Crippen LogP) is 2.66. The van der Waals surface area contributed by atoms with E-state index in [1.807, 2.05) is 18.2 Å². The average Bonchev–Trinajstić information content (AvgIpc) is 3.30. The fourth-order valence-electron chi connectivity index (χ4n) is 4.22. The van der Waals surface area contributed by atoms with Gasteiger partial charge >= 0.3 is 6.01 Å². The number of morpholine rings is 1. The molecule has 0 bridgehead atoms. The van der Waals surface area contributed by atoms with E-state index in [9.17, 15) is 4.79 Å². The van der Waals surface area contributed by atoms with Crippen LogP contribution in [0, 0.1) is 0 Å². The second-order valence-electron chi connectivity index (χ2n) is 8.55. The number of ether oxygens (including phenoxy) is 2. The first-order chi connectivity index (χ1) is 17.2. The zero-order valence-electron chi connectivity index (χ0n) is 19.6. The van der Waals surface area contributed by atoms with Crippen molar-refractivity contribution in [3.63, 3.8) is 0 Å². The summed E-state index contributed by atoms with van der Waals surface area (Å²) in [6, 6.07) is 6.12. The third-order valence-electron chi connectivity index (χ3n) is 6.15. The highest BCUT2D eigenvalue weighted by atomic mass is 32.1. The molecular formula is C24H29N7O3S. The molecule has 11 heteroatoms. The molecule has 0 aliphatic carbocycles. The first-order valence-electron chi connectivity index (χ1n) is 11.9. The molecule has 0 aromatic carbocycles. The van der Waals surface area contributed by atoms with Gasteiger partial charge in [0.05, 0.1) is 18.9 Å². The topological polar surface area (TPSA) is 106 Å². The Morgan fingerprint density at radius 3 is 2.83 bits per heavy atom. The monoisotopic (exact) mass is 495 g/mol. The molecule has 1 amide bonds. The number of aromatic nitrogens is 4. The van der Waals surface area contributed by atoms with Crippen LogP contribution in [-0.2, 0) is 16.0 Å². The lowest BCUT2D eigenvalue weighted by Gasteiger charge is -2.31. The Labute approximate surface area is 208 Å². The number of pyridine rings is 1. The van der Waals surface area contributed by atoms with Gasteiger partial charge < -0.3 is 19.7 Å². The van der Waals surface area contributed by atoms with Gasteiger partial charge in [0.2, 0.25) is 5.91 Å². The van der Waals surface area contributed by atoms with Crippen LogP contribution >= 0.6 is 11.3 Å².